The number of aromatic nitrogens is 2. The lowest BCUT2D eigenvalue weighted by atomic mass is 9.92. The molecule has 0 saturated heterocycles. The van der Waals surface area contributed by atoms with Crippen molar-refractivity contribution >= 4 is 0 Å². The molecule has 0 radical (unpaired) electrons. The minimum atomic E-state index is 0.0180. The molecule has 0 spiro atoms. The van der Waals surface area contributed by atoms with Gasteiger partial charge < -0.3 is 5.11 Å². The number of hydrogen-bond donors (Lipinski definition) is 0. The summed E-state index contributed by atoms with van der Waals surface area (Å²) in [6.45, 7) is 17.7. The quantitative estimate of drug-likeness (QED) is 0.247. The number of hydrogen-bond acceptors (Lipinski definition) is 1. The summed E-state index contributed by atoms with van der Waals surface area (Å²) < 4.78 is 4.08. The van der Waals surface area contributed by atoms with Crippen LogP contribution in [0.5, 0.6) is 5.88 Å². The maximum atomic E-state index is 14.4. The van der Waals surface area contributed by atoms with Crippen LogP contribution >= 0.6 is 0 Å². The minimum absolute atomic E-state index is 0.0180. The average Bonchev–Trinajstić information content (AvgIpc) is 3.19. The van der Waals surface area contributed by atoms with Crippen LogP contribution in [0, 0.1) is 0 Å². The molecule has 0 bridgehead atoms. The first-order valence-corrected chi connectivity index (χ1v) is 13.3. The molecule has 3 nitrogen and oxygen atoms in total. The highest BCUT2D eigenvalue weighted by atomic mass is 16.3. The Morgan fingerprint density at radius 1 is 0.583 bits per heavy atom. The Kier molecular flexibility index (Phi) is 7.40. The molecule has 3 heteroatoms. The molecule has 0 aliphatic carbocycles. The molecule has 36 heavy (non-hydrogen) atoms. The van der Waals surface area contributed by atoms with Crippen LogP contribution in [-0.4, -0.2) is 4.57 Å². The SMILES string of the molecule is CC(C)c1cccc(C(C)C)c1-n1c[n+](-c2c(C(C)C)cccc2C(C)C)c([O-])c1-c1ccccc1. The molecule has 1 aromatic heterocycles. The molecular weight excluding hydrogens is 440 g/mol. The average molecular weight is 481 g/mol. The molecule has 4 rings (SSSR count). The van der Waals surface area contributed by atoms with E-state index in [1.807, 2.05) is 41.2 Å². The van der Waals surface area contributed by atoms with Crippen molar-refractivity contribution in [2.45, 2.75) is 79.1 Å². The van der Waals surface area contributed by atoms with E-state index < -0.39 is 0 Å². The van der Waals surface area contributed by atoms with E-state index in [2.05, 4.69) is 96.4 Å². The van der Waals surface area contributed by atoms with Gasteiger partial charge in [-0.3, -0.25) is 0 Å². The van der Waals surface area contributed by atoms with Gasteiger partial charge in [0.05, 0.1) is 0 Å². The third kappa shape index (κ3) is 4.59. The summed E-state index contributed by atoms with van der Waals surface area (Å²) in [6, 6.07) is 23.1. The van der Waals surface area contributed by atoms with Gasteiger partial charge in [-0.2, -0.15) is 4.57 Å². The standard InChI is InChI=1S/C33H40N2O/c1-21(2)26-16-12-17-27(22(3)4)31(26)34-20-35(33(36)30(34)25-14-10-9-11-15-25)32-28(23(5)6)18-13-19-29(32)24(7)8/h9-24H,1-8H3. The van der Waals surface area contributed by atoms with E-state index in [-0.39, 0.29) is 5.88 Å². The Bertz CT molecular complexity index is 1290. The van der Waals surface area contributed by atoms with Crippen LogP contribution in [0.2, 0.25) is 0 Å². The lowest BCUT2D eigenvalue weighted by Gasteiger charge is -2.18. The molecule has 0 N–H and O–H groups in total. The normalized spacial score (nSPS) is 11.9. The predicted octanol–water partition coefficient (Wildman–Crippen LogP) is 7.99. The zero-order chi connectivity index (χ0) is 26.1. The first-order valence-electron chi connectivity index (χ1n) is 13.3. The molecule has 3 aromatic carbocycles. The largest absolute Gasteiger partial charge is 0.839 e. The summed E-state index contributed by atoms with van der Waals surface area (Å²) in [5.41, 5.74) is 8.69. The van der Waals surface area contributed by atoms with Gasteiger partial charge in [-0.05, 0) is 23.7 Å². The second kappa shape index (κ2) is 10.3. The summed E-state index contributed by atoms with van der Waals surface area (Å²) in [4.78, 5) is 0. The molecule has 4 aromatic rings. The first kappa shape index (κ1) is 25.8. The zero-order valence-electron chi connectivity index (χ0n) is 23.0. The van der Waals surface area contributed by atoms with E-state index in [4.69, 9.17) is 0 Å². The van der Waals surface area contributed by atoms with E-state index >= 15 is 0 Å². The van der Waals surface area contributed by atoms with Crippen molar-refractivity contribution in [3.63, 3.8) is 0 Å². The van der Waals surface area contributed by atoms with Gasteiger partial charge >= 0.3 is 0 Å². The van der Waals surface area contributed by atoms with Crippen molar-refractivity contribution in [3.8, 4) is 28.5 Å². The molecule has 0 aliphatic rings. The molecule has 188 valence electrons. The zero-order valence-corrected chi connectivity index (χ0v) is 23.0. The third-order valence-corrected chi connectivity index (χ3v) is 7.11. The third-order valence-electron chi connectivity index (χ3n) is 7.11. The van der Waals surface area contributed by atoms with Crippen molar-refractivity contribution in [2.24, 2.45) is 0 Å². The van der Waals surface area contributed by atoms with Gasteiger partial charge in [0.15, 0.2) is 5.69 Å². The Balaban J connectivity index is 2.17. The smallest absolute Gasteiger partial charge is 0.254 e. The first-order chi connectivity index (χ1) is 17.1. The summed E-state index contributed by atoms with van der Waals surface area (Å²) in [5, 5.41) is 14.4. The van der Waals surface area contributed by atoms with Crippen LogP contribution in [-0.2, 0) is 0 Å². The van der Waals surface area contributed by atoms with Gasteiger partial charge in [0, 0.05) is 27.8 Å². The van der Waals surface area contributed by atoms with Crippen molar-refractivity contribution in [1.29, 1.82) is 0 Å². The van der Waals surface area contributed by atoms with Gasteiger partial charge in [0.2, 0.25) is 0 Å². The van der Waals surface area contributed by atoms with Crippen LogP contribution in [0.3, 0.4) is 0 Å². The van der Waals surface area contributed by atoms with Crippen molar-refractivity contribution in [3.05, 3.63) is 95.3 Å². The Morgan fingerprint density at radius 2 is 1.03 bits per heavy atom. The summed E-state index contributed by atoms with van der Waals surface area (Å²) in [6.07, 6.45) is 2.05. The van der Waals surface area contributed by atoms with Crippen LogP contribution in [0.4, 0.5) is 0 Å². The topological polar surface area (TPSA) is 31.9 Å². The summed E-state index contributed by atoms with van der Waals surface area (Å²) in [5.74, 6) is 1.25. The highest BCUT2D eigenvalue weighted by Gasteiger charge is 2.29. The predicted molar refractivity (Wildman–Crippen MR) is 149 cm³/mol. The Hall–Kier alpha value is -3.33. The molecule has 0 amide bonds. The van der Waals surface area contributed by atoms with Crippen molar-refractivity contribution in [1.82, 2.24) is 4.57 Å². The van der Waals surface area contributed by atoms with E-state index in [1.54, 1.807) is 0 Å². The van der Waals surface area contributed by atoms with Gasteiger partial charge in [-0.15, -0.1) is 0 Å². The van der Waals surface area contributed by atoms with Crippen molar-refractivity contribution in [2.75, 3.05) is 0 Å². The van der Waals surface area contributed by atoms with Gasteiger partial charge in [-0.25, -0.2) is 4.57 Å². The fourth-order valence-corrected chi connectivity index (χ4v) is 5.21. The van der Waals surface area contributed by atoms with Crippen LogP contribution in [0.25, 0.3) is 22.6 Å². The molecule has 0 saturated carbocycles. The van der Waals surface area contributed by atoms with E-state index in [1.165, 1.54) is 22.3 Å². The van der Waals surface area contributed by atoms with Gasteiger partial charge in [-0.1, -0.05) is 122 Å². The highest BCUT2D eigenvalue weighted by molar-refractivity contribution is 5.68. The molecule has 0 aliphatic heterocycles. The van der Waals surface area contributed by atoms with E-state index in [0.717, 1.165) is 16.9 Å². The van der Waals surface area contributed by atoms with Crippen molar-refractivity contribution < 1.29 is 9.67 Å². The van der Waals surface area contributed by atoms with Crippen LogP contribution in [0.1, 0.15) is 101 Å². The highest BCUT2D eigenvalue weighted by Crippen LogP contribution is 2.38. The van der Waals surface area contributed by atoms with E-state index in [0.29, 0.717) is 29.4 Å². The van der Waals surface area contributed by atoms with Gasteiger partial charge in [0.25, 0.3) is 6.33 Å². The number of para-hydroxylation sites is 2. The number of imidazole rings is 1. The summed E-state index contributed by atoms with van der Waals surface area (Å²) >= 11 is 0. The molecule has 0 unspecified atom stereocenters. The fourth-order valence-electron chi connectivity index (χ4n) is 5.21. The fraction of sp³-hybridized carbons (Fsp3) is 0.364. The van der Waals surface area contributed by atoms with Crippen LogP contribution in [0.15, 0.2) is 73.1 Å². The monoisotopic (exact) mass is 480 g/mol. The maximum Gasteiger partial charge on any atom is 0.254 e. The molecule has 0 fully saturated rings. The molecule has 0 atom stereocenters. The van der Waals surface area contributed by atoms with Gasteiger partial charge in [0.1, 0.15) is 17.3 Å². The molecule has 1 heterocycles. The summed E-state index contributed by atoms with van der Waals surface area (Å²) in [7, 11) is 0. The minimum Gasteiger partial charge on any atom is -0.839 e. The maximum absolute atomic E-state index is 14.4. The number of benzene rings is 3. The Morgan fingerprint density at radius 3 is 1.47 bits per heavy atom. The second-order valence-electron chi connectivity index (χ2n) is 11.1. The molecular formula is C33H40N2O. The number of rotatable bonds is 7. The lowest BCUT2D eigenvalue weighted by Crippen LogP contribution is -2.35. The number of nitrogens with zero attached hydrogens (tertiary/aromatic N) is 2. The second-order valence-corrected chi connectivity index (χ2v) is 11.1. The Labute approximate surface area is 217 Å². The van der Waals surface area contributed by atoms with Crippen LogP contribution < -0.4 is 9.67 Å². The lowest BCUT2D eigenvalue weighted by molar-refractivity contribution is -0.649. The van der Waals surface area contributed by atoms with E-state index in [9.17, 15) is 5.11 Å².